The number of nitrogens with two attached hydrogens (primary N) is 1. The van der Waals surface area contributed by atoms with Gasteiger partial charge in [0.25, 0.3) is 0 Å². The fourth-order valence-electron chi connectivity index (χ4n) is 0.363. The molecule has 0 amide bonds. The molecule has 0 aliphatic heterocycles. The quantitative estimate of drug-likeness (QED) is 0.539. The van der Waals surface area contributed by atoms with E-state index >= 15 is 0 Å². The summed E-state index contributed by atoms with van der Waals surface area (Å²) in [6.45, 7) is 3.40. The first-order valence-corrected chi connectivity index (χ1v) is 2.63. The van der Waals surface area contributed by atoms with Crippen LogP contribution in [0.4, 0.5) is 0 Å². The van der Waals surface area contributed by atoms with E-state index in [-0.39, 0.29) is 5.78 Å². The Labute approximate surface area is 49.4 Å². The summed E-state index contributed by atoms with van der Waals surface area (Å²) >= 11 is 0. The zero-order valence-corrected chi connectivity index (χ0v) is 5.27. The third-order valence-corrected chi connectivity index (χ3v) is 0.797. The second kappa shape index (κ2) is 3.24. The van der Waals surface area contributed by atoms with Crippen LogP contribution in [0.25, 0.3) is 0 Å². The Hall–Kier alpha value is -0.790. The van der Waals surface area contributed by atoms with Crippen molar-refractivity contribution in [3.8, 4) is 0 Å². The minimum Gasteiger partial charge on any atom is -0.402 e. The second-order valence-electron chi connectivity index (χ2n) is 1.68. The van der Waals surface area contributed by atoms with E-state index < -0.39 is 0 Å². The molecule has 0 aromatic heterocycles. The highest BCUT2D eigenvalue weighted by atomic mass is 16.1. The SMILES string of the molecule is CC/C(N)=C/C(C)=O. The van der Waals surface area contributed by atoms with Crippen LogP contribution in [0.3, 0.4) is 0 Å². The van der Waals surface area contributed by atoms with Crippen LogP contribution in [0, 0.1) is 0 Å². The molecule has 0 aromatic rings. The summed E-state index contributed by atoms with van der Waals surface area (Å²) in [7, 11) is 0. The first-order chi connectivity index (χ1) is 3.66. The van der Waals surface area contributed by atoms with Gasteiger partial charge in [0.1, 0.15) is 0 Å². The van der Waals surface area contributed by atoms with Gasteiger partial charge in [-0.15, -0.1) is 0 Å². The first-order valence-electron chi connectivity index (χ1n) is 2.63. The zero-order valence-electron chi connectivity index (χ0n) is 5.27. The molecule has 0 aromatic carbocycles. The highest BCUT2D eigenvalue weighted by molar-refractivity contribution is 5.87. The summed E-state index contributed by atoms with van der Waals surface area (Å²) in [6.07, 6.45) is 2.19. The van der Waals surface area contributed by atoms with Gasteiger partial charge in [0.2, 0.25) is 0 Å². The number of carbonyl (C=O) groups excluding carboxylic acids is 1. The molecule has 2 N–H and O–H groups in total. The molecule has 8 heavy (non-hydrogen) atoms. The van der Waals surface area contributed by atoms with Gasteiger partial charge in [0.05, 0.1) is 0 Å². The van der Waals surface area contributed by atoms with Crippen LogP contribution in [0.1, 0.15) is 20.3 Å². The molecule has 2 nitrogen and oxygen atoms in total. The average Bonchev–Trinajstić information content (AvgIpc) is 1.65. The molecule has 0 fully saturated rings. The van der Waals surface area contributed by atoms with Crippen molar-refractivity contribution in [2.75, 3.05) is 0 Å². The van der Waals surface area contributed by atoms with Crippen molar-refractivity contribution in [2.24, 2.45) is 5.73 Å². The van der Waals surface area contributed by atoms with Crippen LogP contribution < -0.4 is 5.73 Å². The summed E-state index contributed by atoms with van der Waals surface area (Å²) in [5, 5.41) is 0. The Morgan fingerprint density at radius 2 is 2.25 bits per heavy atom. The summed E-state index contributed by atoms with van der Waals surface area (Å²) in [5.74, 6) is 0.0179. The molecule has 0 rings (SSSR count). The van der Waals surface area contributed by atoms with E-state index in [1.807, 2.05) is 6.92 Å². The van der Waals surface area contributed by atoms with E-state index in [1.54, 1.807) is 0 Å². The Morgan fingerprint density at radius 1 is 1.75 bits per heavy atom. The van der Waals surface area contributed by atoms with Crippen molar-refractivity contribution in [3.05, 3.63) is 11.8 Å². The van der Waals surface area contributed by atoms with E-state index in [1.165, 1.54) is 13.0 Å². The van der Waals surface area contributed by atoms with Gasteiger partial charge in [0.15, 0.2) is 5.78 Å². The number of hydrogen-bond donors (Lipinski definition) is 1. The van der Waals surface area contributed by atoms with Gasteiger partial charge in [0, 0.05) is 5.70 Å². The molecule has 0 spiro atoms. The van der Waals surface area contributed by atoms with E-state index in [2.05, 4.69) is 0 Å². The maximum atomic E-state index is 10.3. The lowest BCUT2D eigenvalue weighted by molar-refractivity contribution is -0.112. The van der Waals surface area contributed by atoms with E-state index in [0.717, 1.165) is 6.42 Å². The molecule has 0 atom stereocenters. The Kier molecular flexibility index (Phi) is 2.92. The Bertz CT molecular complexity index is 116. The molecular weight excluding hydrogens is 102 g/mol. The van der Waals surface area contributed by atoms with Gasteiger partial charge in [-0.05, 0) is 19.4 Å². The number of rotatable bonds is 2. The van der Waals surface area contributed by atoms with Gasteiger partial charge < -0.3 is 5.73 Å². The molecular formula is C6H11NO. The summed E-state index contributed by atoms with van der Waals surface area (Å²) in [5.41, 5.74) is 5.96. The van der Waals surface area contributed by atoms with Crippen molar-refractivity contribution >= 4 is 5.78 Å². The average molecular weight is 113 g/mol. The molecule has 46 valence electrons. The number of allylic oxidation sites excluding steroid dienone is 2. The summed E-state index contributed by atoms with van der Waals surface area (Å²) in [6, 6.07) is 0. The monoisotopic (exact) mass is 113 g/mol. The maximum Gasteiger partial charge on any atom is 0.154 e. The molecule has 0 saturated carbocycles. The maximum absolute atomic E-state index is 10.3. The minimum absolute atomic E-state index is 0.0179. The third-order valence-electron chi connectivity index (χ3n) is 0.797. The zero-order chi connectivity index (χ0) is 6.57. The normalized spacial score (nSPS) is 11.5. The lowest BCUT2D eigenvalue weighted by Crippen LogP contribution is -1.97. The molecule has 0 aliphatic carbocycles. The standard InChI is InChI=1S/C6H11NO/c1-3-6(7)4-5(2)8/h4H,3,7H2,1-2H3/b6-4-. The van der Waals surface area contributed by atoms with Crippen LogP contribution in [-0.4, -0.2) is 5.78 Å². The minimum atomic E-state index is 0.0179. The van der Waals surface area contributed by atoms with Crippen molar-refractivity contribution in [1.82, 2.24) is 0 Å². The van der Waals surface area contributed by atoms with E-state index in [9.17, 15) is 4.79 Å². The van der Waals surface area contributed by atoms with Crippen molar-refractivity contribution < 1.29 is 4.79 Å². The van der Waals surface area contributed by atoms with Gasteiger partial charge in [-0.25, -0.2) is 0 Å². The van der Waals surface area contributed by atoms with Gasteiger partial charge >= 0.3 is 0 Å². The Balaban J connectivity index is 3.75. The van der Waals surface area contributed by atoms with Crippen LogP contribution in [0.15, 0.2) is 11.8 Å². The third kappa shape index (κ3) is 3.40. The molecule has 0 saturated heterocycles. The van der Waals surface area contributed by atoms with Crippen LogP contribution in [0.2, 0.25) is 0 Å². The molecule has 0 bridgehead atoms. The predicted molar refractivity (Wildman–Crippen MR) is 33.2 cm³/mol. The van der Waals surface area contributed by atoms with Crippen molar-refractivity contribution in [1.29, 1.82) is 0 Å². The van der Waals surface area contributed by atoms with Gasteiger partial charge in [-0.1, -0.05) is 6.92 Å². The Morgan fingerprint density at radius 3 is 2.38 bits per heavy atom. The van der Waals surface area contributed by atoms with Gasteiger partial charge in [-0.2, -0.15) is 0 Å². The van der Waals surface area contributed by atoms with Crippen LogP contribution >= 0.6 is 0 Å². The van der Waals surface area contributed by atoms with Gasteiger partial charge in [-0.3, -0.25) is 4.79 Å². The summed E-state index contributed by atoms with van der Waals surface area (Å²) < 4.78 is 0. The smallest absolute Gasteiger partial charge is 0.154 e. The fourth-order valence-corrected chi connectivity index (χ4v) is 0.363. The largest absolute Gasteiger partial charge is 0.402 e. The first kappa shape index (κ1) is 7.21. The lowest BCUT2D eigenvalue weighted by atomic mass is 10.3. The van der Waals surface area contributed by atoms with Crippen molar-refractivity contribution in [3.63, 3.8) is 0 Å². The molecule has 0 aliphatic rings. The van der Waals surface area contributed by atoms with Crippen LogP contribution in [0.5, 0.6) is 0 Å². The number of carbonyl (C=O) groups is 1. The van der Waals surface area contributed by atoms with E-state index in [0.29, 0.717) is 5.70 Å². The predicted octanol–water partition coefficient (Wildman–Crippen LogP) is 0.828. The highest BCUT2D eigenvalue weighted by Gasteiger charge is 1.85. The molecule has 0 heterocycles. The van der Waals surface area contributed by atoms with Crippen molar-refractivity contribution in [2.45, 2.75) is 20.3 Å². The fraction of sp³-hybridized carbons (Fsp3) is 0.500. The summed E-state index contributed by atoms with van der Waals surface area (Å²) in [4.78, 5) is 10.3. The van der Waals surface area contributed by atoms with E-state index in [4.69, 9.17) is 5.73 Å². The number of ketones is 1. The van der Waals surface area contributed by atoms with Crippen LogP contribution in [-0.2, 0) is 4.79 Å². The number of hydrogen-bond acceptors (Lipinski definition) is 2. The second-order valence-corrected chi connectivity index (χ2v) is 1.68. The molecule has 0 unspecified atom stereocenters. The topological polar surface area (TPSA) is 43.1 Å². The molecule has 2 heteroatoms. The highest BCUT2D eigenvalue weighted by Crippen LogP contribution is 1.88. The lowest BCUT2D eigenvalue weighted by Gasteiger charge is -1.89. The molecule has 0 radical (unpaired) electrons.